The molecule has 0 spiro atoms. The summed E-state index contributed by atoms with van der Waals surface area (Å²) in [5.74, 6) is 3.04. The zero-order valence-electron chi connectivity index (χ0n) is 13.7. The number of nitrogens with zero attached hydrogens (tertiary/aromatic N) is 2. The van der Waals surface area contributed by atoms with Gasteiger partial charge in [0, 0.05) is 11.3 Å². The summed E-state index contributed by atoms with van der Waals surface area (Å²) in [5, 5.41) is 0. The molecule has 0 aromatic carbocycles. The lowest BCUT2D eigenvalue weighted by Gasteiger charge is -2.29. The molecule has 118 valence electrons. The second kappa shape index (κ2) is 6.80. The lowest BCUT2D eigenvalue weighted by atomic mass is 9.79. The fourth-order valence-electron chi connectivity index (χ4n) is 3.28. The van der Waals surface area contributed by atoms with E-state index in [0.29, 0.717) is 11.7 Å². The van der Waals surface area contributed by atoms with Crippen LogP contribution in [-0.4, -0.2) is 9.97 Å². The Hall–Kier alpha value is -0.390. The first kappa shape index (κ1) is 17.0. The van der Waals surface area contributed by atoms with Gasteiger partial charge in [0.05, 0.1) is 9.26 Å². The Balaban J connectivity index is 2.20. The van der Waals surface area contributed by atoms with Crippen molar-refractivity contribution in [3.8, 4) is 0 Å². The van der Waals surface area contributed by atoms with Crippen LogP contribution in [-0.2, 0) is 5.41 Å². The van der Waals surface area contributed by atoms with E-state index in [1.807, 2.05) is 0 Å². The third-order valence-electron chi connectivity index (χ3n) is 4.51. The van der Waals surface area contributed by atoms with Crippen molar-refractivity contribution in [1.29, 1.82) is 0 Å². The molecule has 1 heterocycles. The van der Waals surface area contributed by atoms with E-state index < -0.39 is 0 Å². The number of nitrogens with two attached hydrogens (primary N) is 1. The van der Waals surface area contributed by atoms with Gasteiger partial charge in [0.1, 0.15) is 11.6 Å². The maximum absolute atomic E-state index is 6.14. The summed E-state index contributed by atoms with van der Waals surface area (Å²) in [5.41, 5.74) is 7.26. The predicted octanol–water partition coefficient (Wildman–Crippen LogP) is 5.03. The van der Waals surface area contributed by atoms with Gasteiger partial charge in [-0.3, -0.25) is 0 Å². The van der Waals surface area contributed by atoms with Crippen LogP contribution in [0.25, 0.3) is 0 Å². The van der Waals surface area contributed by atoms with Gasteiger partial charge < -0.3 is 5.73 Å². The van der Waals surface area contributed by atoms with Crippen LogP contribution in [0, 0.1) is 9.49 Å². The van der Waals surface area contributed by atoms with E-state index in [9.17, 15) is 0 Å². The SMILES string of the molecule is CCCC1CCC(c2nc(N)c(I)c(C(C)(C)C)n2)CC1. The fraction of sp³-hybridized carbons (Fsp3) is 0.765. The van der Waals surface area contributed by atoms with E-state index in [0.717, 1.165) is 21.0 Å². The first-order chi connectivity index (χ1) is 9.82. The number of nitrogen functional groups attached to an aromatic ring is 1. The predicted molar refractivity (Wildman–Crippen MR) is 97.5 cm³/mol. The molecule has 2 rings (SSSR count). The maximum Gasteiger partial charge on any atom is 0.140 e. The molecule has 0 unspecified atom stereocenters. The van der Waals surface area contributed by atoms with Crippen molar-refractivity contribution in [3.05, 3.63) is 15.1 Å². The normalized spacial score (nSPS) is 23.3. The highest BCUT2D eigenvalue weighted by molar-refractivity contribution is 14.1. The first-order valence-corrected chi connectivity index (χ1v) is 9.24. The molecular weight excluding hydrogens is 373 g/mol. The number of rotatable bonds is 3. The Morgan fingerprint density at radius 1 is 1.14 bits per heavy atom. The first-order valence-electron chi connectivity index (χ1n) is 8.16. The van der Waals surface area contributed by atoms with Crippen LogP contribution in [0.5, 0.6) is 0 Å². The molecule has 0 bridgehead atoms. The van der Waals surface area contributed by atoms with Crippen molar-refractivity contribution in [3.63, 3.8) is 0 Å². The van der Waals surface area contributed by atoms with Crippen molar-refractivity contribution in [2.75, 3.05) is 5.73 Å². The van der Waals surface area contributed by atoms with Crippen LogP contribution < -0.4 is 5.73 Å². The van der Waals surface area contributed by atoms with Gasteiger partial charge in [-0.1, -0.05) is 40.5 Å². The molecule has 2 N–H and O–H groups in total. The largest absolute Gasteiger partial charge is 0.383 e. The average Bonchev–Trinajstić information content (AvgIpc) is 2.41. The minimum atomic E-state index is 0.0156. The van der Waals surface area contributed by atoms with Crippen LogP contribution in [0.15, 0.2) is 0 Å². The van der Waals surface area contributed by atoms with E-state index >= 15 is 0 Å². The molecule has 0 saturated heterocycles. The van der Waals surface area contributed by atoms with Gasteiger partial charge >= 0.3 is 0 Å². The molecule has 0 aliphatic heterocycles. The molecule has 4 heteroatoms. The van der Waals surface area contributed by atoms with Gasteiger partial charge in [-0.25, -0.2) is 9.97 Å². The third kappa shape index (κ3) is 4.08. The lowest BCUT2D eigenvalue weighted by Crippen LogP contribution is -2.22. The highest BCUT2D eigenvalue weighted by Gasteiger charge is 2.27. The molecule has 1 aliphatic carbocycles. The molecule has 1 aromatic heterocycles. The van der Waals surface area contributed by atoms with E-state index in [1.165, 1.54) is 38.5 Å². The molecule has 1 fully saturated rings. The molecule has 1 aromatic rings. The van der Waals surface area contributed by atoms with Crippen LogP contribution in [0.4, 0.5) is 5.82 Å². The van der Waals surface area contributed by atoms with Gasteiger partial charge in [0.25, 0.3) is 0 Å². The van der Waals surface area contributed by atoms with Crippen molar-refractivity contribution in [1.82, 2.24) is 9.97 Å². The Morgan fingerprint density at radius 3 is 2.29 bits per heavy atom. The topological polar surface area (TPSA) is 51.8 Å². The number of aromatic nitrogens is 2. The molecule has 0 amide bonds. The monoisotopic (exact) mass is 401 g/mol. The summed E-state index contributed by atoms with van der Waals surface area (Å²) < 4.78 is 1.02. The Kier molecular flexibility index (Phi) is 5.49. The second-order valence-corrected chi connectivity index (χ2v) is 8.46. The van der Waals surface area contributed by atoms with Gasteiger partial charge in [-0.2, -0.15) is 0 Å². The van der Waals surface area contributed by atoms with Crippen molar-refractivity contribution < 1.29 is 0 Å². The summed E-state index contributed by atoms with van der Waals surface area (Å²) >= 11 is 2.28. The molecule has 21 heavy (non-hydrogen) atoms. The molecular formula is C17H28IN3. The van der Waals surface area contributed by atoms with Crippen molar-refractivity contribution in [2.24, 2.45) is 5.92 Å². The van der Waals surface area contributed by atoms with Gasteiger partial charge in [0.15, 0.2) is 0 Å². The van der Waals surface area contributed by atoms with E-state index in [2.05, 4.69) is 55.3 Å². The van der Waals surface area contributed by atoms with Crippen LogP contribution in [0.3, 0.4) is 0 Å². The summed E-state index contributed by atoms with van der Waals surface area (Å²) in [6.07, 6.45) is 7.74. The van der Waals surface area contributed by atoms with E-state index in [4.69, 9.17) is 10.7 Å². The van der Waals surface area contributed by atoms with Gasteiger partial charge in [-0.15, -0.1) is 0 Å². The zero-order valence-corrected chi connectivity index (χ0v) is 15.9. The van der Waals surface area contributed by atoms with Gasteiger partial charge in [-0.05, 0) is 54.2 Å². The summed E-state index contributed by atoms with van der Waals surface area (Å²) in [4.78, 5) is 9.50. The highest BCUT2D eigenvalue weighted by atomic mass is 127. The van der Waals surface area contributed by atoms with Gasteiger partial charge in [0.2, 0.25) is 0 Å². The minimum absolute atomic E-state index is 0.0156. The maximum atomic E-state index is 6.14. The molecule has 0 radical (unpaired) electrons. The van der Waals surface area contributed by atoms with Crippen LogP contribution >= 0.6 is 22.6 Å². The average molecular weight is 401 g/mol. The molecule has 1 saturated carbocycles. The Bertz CT molecular complexity index is 486. The Morgan fingerprint density at radius 2 is 1.76 bits per heavy atom. The minimum Gasteiger partial charge on any atom is -0.383 e. The van der Waals surface area contributed by atoms with Crippen molar-refractivity contribution >= 4 is 28.4 Å². The molecule has 0 atom stereocenters. The number of hydrogen-bond acceptors (Lipinski definition) is 3. The second-order valence-electron chi connectivity index (χ2n) is 7.39. The molecule has 1 aliphatic rings. The number of halogens is 1. The van der Waals surface area contributed by atoms with Crippen LogP contribution in [0.1, 0.15) is 83.7 Å². The third-order valence-corrected chi connectivity index (χ3v) is 5.58. The quantitative estimate of drug-likeness (QED) is 0.723. The number of anilines is 1. The number of hydrogen-bond donors (Lipinski definition) is 1. The molecule has 3 nitrogen and oxygen atoms in total. The lowest BCUT2D eigenvalue weighted by molar-refractivity contribution is 0.301. The fourth-order valence-corrected chi connectivity index (χ4v) is 4.33. The Labute approximate surface area is 142 Å². The smallest absolute Gasteiger partial charge is 0.140 e. The summed E-state index contributed by atoms with van der Waals surface area (Å²) in [6, 6.07) is 0. The standard InChI is InChI=1S/C17H28IN3/c1-5-6-11-7-9-12(10-8-11)16-20-14(17(2,3)4)13(18)15(19)21-16/h11-12H,5-10H2,1-4H3,(H2,19,20,21). The zero-order chi connectivity index (χ0) is 15.6. The van der Waals surface area contributed by atoms with Crippen LogP contribution in [0.2, 0.25) is 0 Å². The van der Waals surface area contributed by atoms with Crippen molar-refractivity contribution in [2.45, 2.75) is 77.6 Å². The van der Waals surface area contributed by atoms with E-state index in [-0.39, 0.29) is 5.41 Å². The van der Waals surface area contributed by atoms with E-state index in [1.54, 1.807) is 0 Å². The summed E-state index contributed by atoms with van der Waals surface area (Å²) in [6.45, 7) is 8.86. The highest BCUT2D eigenvalue weighted by Crippen LogP contribution is 2.38. The summed E-state index contributed by atoms with van der Waals surface area (Å²) in [7, 11) is 0.